The standard InChI is InChI=1S/C18H21N3O2S/c22-11-13-6-7-15(10-13)21-18(23)19-9-8-16-12-24-17(20-16)14-4-2-1-3-5-14/h1-7,12-13,15,22H,8-11H2,(H2,19,21,23)/t13-,15+/m0/s1. The zero-order chi connectivity index (χ0) is 16.8. The smallest absolute Gasteiger partial charge is 0.315 e. The third kappa shape index (κ3) is 4.43. The fourth-order valence-electron chi connectivity index (χ4n) is 2.68. The maximum absolute atomic E-state index is 11.9. The van der Waals surface area contributed by atoms with Crippen LogP contribution in [0.5, 0.6) is 0 Å². The van der Waals surface area contributed by atoms with Gasteiger partial charge in [0.2, 0.25) is 0 Å². The van der Waals surface area contributed by atoms with Crippen LogP contribution in [0.1, 0.15) is 12.1 Å². The van der Waals surface area contributed by atoms with Crippen LogP contribution in [0.15, 0.2) is 47.9 Å². The second-order valence-electron chi connectivity index (χ2n) is 5.83. The molecule has 0 fully saturated rings. The number of aliphatic hydroxyl groups is 1. The summed E-state index contributed by atoms with van der Waals surface area (Å²) < 4.78 is 0. The Bertz CT molecular complexity index is 699. The number of aromatic nitrogens is 1. The number of carbonyl (C=O) groups excluding carboxylic acids is 1. The monoisotopic (exact) mass is 343 g/mol. The zero-order valence-corrected chi connectivity index (χ0v) is 14.1. The zero-order valence-electron chi connectivity index (χ0n) is 13.3. The van der Waals surface area contributed by atoms with E-state index in [0.29, 0.717) is 13.0 Å². The highest BCUT2D eigenvalue weighted by Crippen LogP contribution is 2.23. The van der Waals surface area contributed by atoms with Gasteiger partial charge in [-0.1, -0.05) is 42.5 Å². The minimum atomic E-state index is -0.179. The predicted molar refractivity (Wildman–Crippen MR) is 95.9 cm³/mol. The number of urea groups is 1. The van der Waals surface area contributed by atoms with E-state index in [1.807, 2.05) is 47.9 Å². The van der Waals surface area contributed by atoms with E-state index in [-0.39, 0.29) is 24.6 Å². The Kier molecular flexibility index (Phi) is 5.61. The summed E-state index contributed by atoms with van der Waals surface area (Å²) in [6, 6.07) is 9.91. The van der Waals surface area contributed by atoms with Crippen LogP contribution in [0.4, 0.5) is 4.79 Å². The molecular formula is C18H21N3O2S. The molecule has 126 valence electrons. The second kappa shape index (κ2) is 8.08. The number of thiazole rings is 1. The fourth-order valence-corrected chi connectivity index (χ4v) is 3.54. The van der Waals surface area contributed by atoms with Crippen molar-refractivity contribution in [1.82, 2.24) is 15.6 Å². The van der Waals surface area contributed by atoms with Crippen molar-refractivity contribution in [2.45, 2.75) is 18.9 Å². The fraction of sp³-hybridized carbons (Fsp3) is 0.333. The van der Waals surface area contributed by atoms with Gasteiger partial charge in [-0.3, -0.25) is 0 Å². The maximum atomic E-state index is 11.9. The molecule has 2 amide bonds. The topological polar surface area (TPSA) is 74.2 Å². The Balaban J connectivity index is 1.41. The molecule has 0 spiro atoms. The van der Waals surface area contributed by atoms with Crippen molar-refractivity contribution in [2.75, 3.05) is 13.2 Å². The molecule has 1 aliphatic rings. The predicted octanol–water partition coefficient (Wildman–Crippen LogP) is 2.59. The molecule has 0 unspecified atom stereocenters. The molecular weight excluding hydrogens is 322 g/mol. The second-order valence-corrected chi connectivity index (χ2v) is 6.69. The summed E-state index contributed by atoms with van der Waals surface area (Å²) >= 11 is 1.62. The summed E-state index contributed by atoms with van der Waals surface area (Å²) in [7, 11) is 0. The van der Waals surface area contributed by atoms with Gasteiger partial charge in [-0.05, 0) is 6.42 Å². The highest BCUT2D eigenvalue weighted by Gasteiger charge is 2.19. The van der Waals surface area contributed by atoms with Crippen LogP contribution in [0, 0.1) is 5.92 Å². The first-order valence-corrected chi connectivity index (χ1v) is 8.96. The van der Waals surface area contributed by atoms with Gasteiger partial charge in [-0.15, -0.1) is 11.3 Å². The average molecular weight is 343 g/mol. The molecule has 3 rings (SSSR count). The number of nitrogens with zero attached hydrogens (tertiary/aromatic N) is 1. The van der Waals surface area contributed by atoms with Gasteiger partial charge in [0, 0.05) is 42.5 Å². The van der Waals surface area contributed by atoms with Crippen LogP contribution in [0.2, 0.25) is 0 Å². The van der Waals surface area contributed by atoms with Crippen molar-refractivity contribution >= 4 is 17.4 Å². The third-order valence-corrected chi connectivity index (χ3v) is 4.90. The number of hydrogen-bond donors (Lipinski definition) is 3. The van der Waals surface area contributed by atoms with E-state index in [1.54, 1.807) is 11.3 Å². The van der Waals surface area contributed by atoms with Crippen LogP contribution in [0.25, 0.3) is 10.6 Å². The molecule has 1 aromatic carbocycles. The lowest BCUT2D eigenvalue weighted by atomic mass is 10.1. The minimum absolute atomic E-state index is 0.00565. The van der Waals surface area contributed by atoms with Crippen LogP contribution in [-0.4, -0.2) is 35.3 Å². The molecule has 3 N–H and O–H groups in total. The number of rotatable bonds is 6. The Labute approximate surface area is 145 Å². The molecule has 1 heterocycles. The van der Waals surface area contributed by atoms with Crippen LogP contribution < -0.4 is 10.6 Å². The highest BCUT2D eigenvalue weighted by molar-refractivity contribution is 7.13. The Morgan fingerprint density at radius 3 is 2.88 bits per heavy atom. The van der Waals surface area contributed by atoms with Gasteiger partial charge >= 0.3 is 6.03 Å². The SMILES string of the molecule is O=C(NCCc1csc(-c2ccccc2)n1)N[C@@H]1C=C[C@H](CO)C1. The lowest BCUT2D eigenvalue weighted by molar-refractivity contribution is 0.231. The van der Waals surface area contributed by atoms with E-state index < -0.39 is 0 Å². The number of carbonyl (C=O) groups is 1. The lowest BCUT2D eigenvalue weighted by Crippen LogP contribution is -2.41. The molecule has 1 aliphatic carbocycles. The maximum Gasteiger partial charge on any atom is 0.315 e. The van der Waals surface area contributed by atoms with Gasteiger partial charge in [0.1, 0.15) is 5.01 Å². The first-order valence-electron chi connectivity index (χ1n) is 8.08. The van der Waals surface area contributed by atoms with Gasteiger partial charge in [0.05, 0.1) is 5.69 Å². The Hall–Kier alpha value is -2.18. The molecule has 0 saturated carbocycles. The molecule has 0 bridgehead atoms. The van der Waals surface area contributed by atoms with E-state index in [0.717, 1.165) is 22.7 Å². The van der Waals surface area contributed by atoms with Crippen molar-refractivity contribution < 1.29 is 9.90 Å². The van der Waals surface area contributed by atoms with Crippen molar-refractivity contribution in [1.29, 1.82) is 0 Å². The molecule has 1 aromatic heterocycles. The van der Waals surface area contributed by atoms with Gasteiger partial charge in [0.15, 0.2) is 0 Å². The van der Waals surface area contributed by atoms with Crippen molar-refractivity contribution in [3.63, 3.8) is 0 Å². The van der Waals surface area contributed by atoms with Crippen LogP contribution in [0.3, 0.4) is 0 Å². The Morgan fingerprint density at radius 2 is 2.12 bits per heavy atom. The van der Waals surface area contributed by atoms with Gasteiger partial charge in [-0.2, -0.15) is 0 Å². The first kappa shape index (κ1) is 16.7. The normalized spacial score (nSPS) is 19.4. The van der Waals surface area contributed by atoms with Gasteiger partial charge in [0.25, 0.3) is 0 Å². The Morgan fingerprint density at radius 1 is 1.29 bits per heavy atom. The first-order chi connectivity index (χ1) is 11.7. The molecule has 2 aromatic rings. The van der Waals surface area contributed by atoms with Crippen molar-refractivity contribution in [2.24, 2.45) is 5.92 Å². The summed E-state index contributed by atoms with van der Waals surface area (Å²) in [5.41, 5.74) is 2.10. The third-order valence-electron chi connectivity index (χ3n) is 3.96. The van der Waals surface area contributed by atoms with E-state index in [2.05, 4.69) is 15.6 Å². The molecule has 0 aliphatic heterocycles. The largest absolute Gasteiger partial charge is 0.396 e. The summed E-state index contributed by atoms with van der Waals surface area (Å²) in [6.07, 6.45) is 5.35. The van der Waals surface area contributed by atoms with Crippen molar-refractivity contribution in [3.05, 3.63) is 53.6 Å². The lowest BCUT2D eigenvalue weighted by Gasteiger charge is -2.13. The number of aliphatic hydroxyl groups excluding tert-OH is 1. The van der Waals surface area contributed by atoms with Crippen LogP contribution in [-0.2, 0) is 6.42 Å². The molecule has 0 saturated heterocycles. The summed E-state index contributed by atoms with van der Waals surface area (Å²) in [5, 5.41) is 17.9. The minimum Gasteiger partial charge on any atom is -0.396 e. The molecule has 24 heavy (non-hydrogen) atoms. The van der Waals surface area contributed by atoms with Gasteiger partial charge < -0.3 is 15.7 Å². The molecule has 5 nitrogen and oxygen atoms in total. The molecule has 6 heteroatoms. The number of hydrogen-bond acceptors (Lipinski definition) is 4. The van der Waals surface area contributed by atoms with E-state index >= 15 is 0 Å². The van der Waals surface area contributed by atoms with E-state index in [1.165, 1.54) is 0 Å². The van der Waals surface area contributed by atoms with Gasteiger partial charge in [-0.25, -0.2) is 9.78 Å². The highest BCUT2D eigenvalue weighted by atomic mass is 32.1. The number of benzene rings is 1. The summed E-state index contributed by atoms with van der Waals surface area (Å²) in [4.78, 5) is 16.5. The molecule has 0 radical (unpaired) electrons. The van der Waals surface area contributed by atoms with E-state index in [4.69, 9.17) is 5.11 Å². The van der Waals surface area contributed by atoms with E-state index in [9.17, 15) is 4.79 Å². The van der Waals surface area contributed by atoms with Crippen LogP contribution >= 0.6 is 11.3 Å². The molecule has 2 atom stereocenters. The average Bonchev–Trinajstić information content (AvgIpc) is 3.25. The summed E-state index contributed by atoms with van der Waals surface area (Å²) in [5.74, 6) is 0.154. The quantitative estimate of drug-likeness (QED) is 0.706. The number of nitrogens with one attached hydrogen (secondary N) is 2. The van der Waals surface area contributed by atoms with Crippen molar-refractivity contribution in [3.8, 4) is 10.6 Å². The summed E-state index contributed by atoms with van der Waals surface area (Å²) in [6.45, 7) is 0.674. The number of amides is 2.